The Labute approximate surface area is 60.4 Å². The van der Waals surface area contributed by atoms with Crippen molar-refractivity contribution < 1.29 is 5.84 Å². The third-order valence-electron chi connectivity index (χ3n) is 0.365. The molecule has 5 N–H and O–H groups in total. The summed E-state index contributed by atoms with van der Waals surface area (Å²) in [7, 11) is 3.66. The molecule has 0 saturated carbocycles. The Balaban J connectivity index is 0. The summed E-state index contributed by atoms with van der Waals surface area (Å²) in [5.41, 5.74) is 0. The second-order valence-electron chi connectivity index (χ2n) is 1.16. The quantitative estimate of drug-likeness (QED) is 0.192. The molecule has 0 radical (unpaired) electrons. The fraction of sp³-hybridized carbons (Fsp3) is 0.667. The minimum absolute atomic E-state index is 0.509. The third kappa shape index (κ3) is 9.39. The highest BCUT2D eigenvalue weighted by Gasteiger charge is 1.71. The molecule has 3 nitrogen and oxygen atoms in total. The van der Waals surface area contributed by atoms with Crippen molar-refractivity contribution in [1.29, 1.82) is 0 Å². The van der Waals surface area contributed by atoms with Crippen LogP contribution in [0.4, 0.5) is 0 Å². The molecule has 50 valence electrons. The van der Waals surface area contributed by atoms with Gasteiger partial charge in [0.2, 0.25) is 0 Å². The number of quaternary nitrogens is 1. The van der Waals surface area contributed by atoms with E-state index >= 15 is 0 Å². The van der Waals surface area contributed by atoms with E-state index in [1.807, 2.05) is 14.1 Å². The van der Waals surface area contributed by atoms with Crippen LogP contribution in [0.3, 0.4) is 0 Å². The van der Waals surface area contributed by atoms with Gasteiger partial charge in [-0.1, -0.05) is 4.32 Å². The number of thiocarbonyl (C=S) groups is 1. The van der Waals surface area contributed by atoms with Crippen LogP contribution in [-0.4, -0.2) is 23.3 Å². The molecule has 5 heteroatoms. The van der Waals surface area contributed by atoms with Gasteiger partial charge in [-0.25, -0.2) is 0 Å². The van der Waals surface area contributed by atoms with Crippen molar-refractivity contribution in [3.63, 3.8) is 0 Å². The van der Waals surface area contributed by atoms with Crippen LogP contribution in [-0.2, 0) is 12.6 Å². The van der Waals surface area contributed by atoms with Crippen LogP contribution in [0.1, 0.15) is 0 Å². The van der Waals surface area contributed by atoms with Crippen molar-refractivity contribution in [2.45, 2.75) is 0 Å². The van der Waals surface area contributed by atoms with Gasteiger partial charge in [0, 0.05) is 14.1 Å². The zero-order valence-electron chi connectivity index (χ0n) is 5.05. The molecule has 0 aliphatic carbocycles. The smallest absolute Gasteiger partial charge is 0.00456 e. The Kier molecular flexibility index (Phi) is 9.59. The number of nitrogens with two attached hydrogens (primary N) is 1. The topological polar surface area (TPSA) is 56.9 Å². The van der Waals surface area contributed by atoms with Crippen molar-refractivity contribution in [2.24, 2.45) is 5.84 Å². The summed E-state index contributed by atoms with van der Waals surface area (Å²) in [4.78, 5) is 1.71. The van der Waals surface area contributed by atoms with E-state index in [2.05, 4.69) is 36.5 Å². The molecule has 0 spiro atoms. The summed E-state index contributed by atoms with van der Waals surface area (Å²) in [5, 5.41) is 0. The zero-order valence-corrected chi connectivity index (χ0v) is 6.68. The van der Waals surface area contributed by atoms with Gasteiger partial charge in [-0.15, -0.1) is 0 Å². The lowest BCUT2D eigenvalue weighted by Crippen LogP contribution is -2.59. The minimum Gasteiger partial charge on any atom is -0.411 e. The molecule has 0 aromatic rings. The standard InChI is InChI=1S/C3H7NS2.H4N2/c1-4(2)3(5)6;1-2/h1-2H3,(H,5,6);1-2H2. The summed E-state index contributed by atoms with van der Waals surface area (Å²) in [5.74, 6) is 7.00. The van der Waals surface area contributed by atoms with Crippen LogP contribution in [0.15, 0.2) is 0 Å². The molecule has 0 atom stereocenters. The van der Waals surface area contributed by atoms with Crippen LogP contribution in [0.2, 0.25) is 0 Å². The molecular weight excluding hydrogens is 142 g/mol. The molecule has 0 aliphatic rings. The molecule has 0 unspecified atom stereocenters. The molecule has 0 rings (SSSR count). The maximum atomic E-state index is 4.56. The molecular formula is C3H11N3S2. The number of hydrogen-bond acceptors (Lipinski definition) is 3. The largest absolute Gasteiger partial charge is 0.411 e. The molecule has 0 bridgehead atoms. The lowest BCUT2D eigenvalue weighted by Gasteiger charge is -2.15. The fourth-order valence-corrected chi connectivity index (χ4v) is 0. The molecule has 0 saturated heterocycles. The van der Waals surface area contributed by atoms with E-state index in [9.17, 15) is 0 Å². The van der Waals surface area contributed by atoms with Crippen molar-refractivity contribution >= 4 is 29.2 Å². The SMILES string of the molecule is CN(C)C(=S)[S-].N[NH3+]. The second kappa shape index (κ2) is 7.03. The maximum Gasteiger partial charge on any atom is 0.00456 e. The average Bonchev–Trinajstić information content (AvgIpc) is 1.72. The van der Waals surface area contributed by atoms with E-state index in [1.54, 1.807) is 4.90 Å². The predicted octanol–water partition coefficient (Wildman–Crippen LogP) is -1.52. The van der Waals surface area contributed by atoms with E-state index < -0.39 is 0 Å². The van der Waals surface area contributed by atoms with Gasteiger partial charge in [-0.2, -0.15) is 5.84 Å². The minimum atomic E-state index is 0.509. The van der Waals surface area contributed by atoms with Gasteiger partial charge in [0.15, 0.2) is 0 Å². The molecule has 0 aliphatic heterocycles. The highest BCUT2D eigenvalue weighted by atomic mass is 32.1. The third-order valence-corrected chi connectivity index (χ3v) is 1.10. The Morgan fingerprint density at radius 1 is 1.62 bits per heavy atom. The number of hydrogen-bond donors (Lipinski definition) is 2. The average molecular weight is 153 g/mol. The van der Waals surface area contributed by atoms with Crippen LogP contribution in [0, 0.1) is 0 Å². The molecule has 0 amide bonds. The second-order valence-corrected chi connectivity index (χ2v) is 2.19. The summed E-state index contributed by atoms with van der Waals surface area (Å²) in [6.45, 7) is 0. The van der Waals surface area contributed by atoms with E-state index in [1.165, 1.54) is 0 Å². The lowest BCUT2D eigenvalue weighted by molar-refractivity contribution is -0.379. The highest BCUT2D eigenvalue weighted by Crippen LogP contribution is 1.74. The number of rotatable bonds is 0. The summed E-state index contributed by atoms with van der Waals surface area (Å²) < 4.78 is 0.509. The van der Waals surface area contributed by atoms with Gasteiger partial charge in [0.05, 0.1) is 0 Å². The Morgan fingerprint density at radius 3 is 1.75 bits per heavy atom. The van der Waals surface area contributed by atoms with E-state index in [4.69, 9.17) is 0 Å². The molecule has 0 heterocycles. The van der Waals surface area contributed by atoms with Gasteiger partial charge >= 0.3 is 0 Å². The highest BCUT2D eigenvalue weighted by molar-refractivity contribution is 8.00. The van der Waals surface area contributed by atoms with Gasteiger partial charge in [0.1, 0.15) is 0 Å². The van der Waals surface area contributed by atoms with Gasteiger partial charge in [-0.05, 0) is 0 Å². The number of nitrogens with zero attached hydrogens (tertiary/aromatic N) is 1. The van der Waals surface area contributed by atoms with Crippen LogP contribution in [0.5, 0.6) is 0 Å². The van der Waals surface area contributed by atoms with Crippen molar-refractivity contribution in [1.82, 2.24) is 4.90 Å². The first-order chi connectivity index (χ1) is 3.64. The molecule has 0 fully saturated rings. The summed E-state index contributed by atoms with van der Waals surface area (Å²) >= 11 is 9.12. The molecule has 0 aromatic carbocycles. The lowest BCUT2D eigenvalue weighted by atomic mass is 11.0. The van der Waals surface area contributed by atoms with E-state index in [0.29, 0.717) is 4.32 Å². The summed E-state index contributed by atoms with van der Waals surface area (Å²) in [6, 6.07) is 0. The first-order valence-electron chi connectivity index (χ1n) is 1.93. The van der Waals surface area contributed by atoms with Crippen molar-refractivity contribution in [3.8, 4) is 0 Å². The monoisotopic (exact) mass is 153 g/mol. The Hall–Kier alpha value is 0.0300. The van der Waals surface area contributed by atoms with Crippen molar-refractivity contribution in [2.75, 3.05) is 14.1 Å². The first-order valence-corrected chi connectivity index (χ1v) is 2.75. The van der Waals surface area contributed by atoms with E-state index in [-0.39, 0.29) is 0 Å². The van der Waals surface area contributed by atoms with Gasteiger partial charge < -0.3 is 29.7 Å². The van der Waals surface area contributed by atoms with Gasteiger partial charge in [0.25, 0.3) is 0 Å². The molecule has 0 aromatic heterocycles. The predicted molar refractivity (Wildman–Crippen MR) is 40.7 cm³/mol. The van der Waals surface area contributed by atoms with Crippen LogP contribution in [0.25, 0.3) is 0 Å². The fourth-order valence-electron chi connectivity index (χ4n) is 0. The Morgan fingerprint density at radius 2 is 1.75 bits per heavy atom. The van der Waals surface area contributed by atoms with E-state index in [0.717, 1.165) is 0 Å². The normalized spacial score (nSPS) is 6.50. The Bertz CT molecular complexity index is 63.5. The first kappa shape index (κ1) is 10.9. The molecule has 8 heavy (non-hydrogen) atoms. The zero-order chi connectivity index (χ0) is 7.15. The van der Waals surface area contributed by atoms with Gasteiger partial charge in [-0.3, -0.25) is 5.84 Å². The van der Waals surface area contributed by atoms with Crippen molar-refractivity contribution in [3.05, 3.63) is 0 Å². The van der Waals surface area contributed by atoms with Crippen LogP contribution >= 0.6 is 12.2 Å². The van der Waals surface area contributed by atoms with Crippen LogP contribution < -0.4 is 11.7 Å². The maximum absolute atomic E-state index is 4.56. The summed E-state index contributed by atoms with van der Waals surface area (Å²) in [6.07, 6.45) is 0.